The second-order valence-corrected chi connectivity index (χ2v) is 5.73. The van der Waals surface area contributed by atoms with Gasteiger partial charge >= 0.3 is 0 Å². The highest BCUT2D eigenvalue weighted by Gasteiger charge is 2.57. The molecule has 0 aromatic heterocycles. The van der Waals surface area contributed by atoms with Gasteiger partial charge in [-0.05, 0) is 43.9 Å². The van der Waals surface area contributed by atoms with Crippen molar-refractivity contribution in [1.29, 1.82) is 5.26 Å². The van der Waals surface area contributed by atoms with Crippen molar-refractivity contribution in [1.82, 2.24) is 0 Å². The molecule has 1 aliphatic heterocycles. The van der Waals surface area contributed by atoms with Crippen LogP contribution >= 0.6 is 0 Å². The fraction of sp³-hybridized carbons (Fsp3) is 0.923. The van der Waals surface area contributed by atoms with Crippen molar-refractivity contribution in [3.8, 4) is 6.07 Å². The quantitative estimate of drug-likeness (QED) is 0.774. The van der Waals surface area contributed by atoms with E-state index in [1.54, 1.807) is 0 Å². The minimum Gasteiger partial charge on any atom is -0.389 e. The summed E-state index contributed by atoms with van der Waals surface area (Å²) in [7, 11) is 0. The van der Waals surface area contributed by atoms with Gasteiger partial charge in [0, 0.05) is 6.61 Å². The molecule has 2 bridgehead atoms. The first-order valence-electron chi connectivity index (χ1n) is 6.47. The Labute approximate surface area is 96.4 Å². The molecule has 3 aliphatic rings. The van der Waals surface area contributed by atoms with E-state index in [1.807, 2.05) is 0 Å². The zero-order valence-electron chi connectivity index (χ0n) is 9.56. The Morgan fingerprint density at radius 1 is 1.38 bits per heavy atom. The highest BCUT2D eigenvalue weighted by molar-refractivity contribution is 5.16. The predicted molar refractivity (Wildman–Crippen MR) is 58.5 cm³/mol. The normalized spacial score (nSPS) is 48.1. The molecule has 1 heterocycles. The van der Waals surface area contributed by atoms with Crippen LogP contribution in [0.4, 0.5) is 0 Å². The number of rotatable bonds is 2. The molecule has 16 heavy (non-hydrogen) atoms. The van der Waals surface area contributed by atoms with E-state index < -0.39 is 11.5 Å². The molecular weight excluding hydrogens is 202 g/mol. The molecule has 0 spiro atoms. The first kappa shape index (κ1) is 10.6. The van der Waals surface area contributed by atoms with E-state index in [2.05, 4.69) is 6.07 Å². The predicted octanol–water partition coefficient (Wildman–Crippen LogP) is 1.86. The van der Waals surface area contributed by atoms with Crippen molar-refractivity contribution in [2.24, 2.45) is 17.3 Å². The summed E-state index contributed by atoms with van der Waals surface area (Å²) in [4.78, 5) is 0. The van der Waals surface area contributed by atoms with Crippen LogP contribution in [0.15, 0.2) is 0 Å². The van der Waals surface area contributed by atoms with Gasteiger partial charge in [0.15, 0.2) is 0 Å². The Bertz CT molecular complexity index is 318. The average molecular weight is 221 g/mol. The maximum Gasteiger partial charge on any atom is 0.0990 e. The van der Waals surface area contributed by atoms with Crippen molar-refractivity contribution in [2.45, 2.75) is 50.7 Å². The first-order valence-corrected chi connectivity index (χ1v) is 6.47. The molecular formula is C13H19NO2. The van der Waals surface area contributed by atoms with Gasteiger partial charge in [-0.15, -0.1) is 0 Å². The van der Waals surface area contributed by atoms with Crippen LogP contribution in [0.5, 0.6) is 0 Å². The maximum absolute atomic E-state index is 10.5. The third-order valence-corrected chi connectivity index (χ3v) is 4.95. The molecule has 1 saturated heterocycles. The van der Waals surface area contributed by atoms with Crippen molar-refractivity contribution in [3.05, 3.63) is 0 Å². The van der Waals surface area contributed by atoms with Crippen molar-refractivity contribution in [3.63, 3.8) is 0 Å². The first-order chi connectivity index (χ1) is 7.76. The zero-order chi connectivity index (χ0) is 11.2. The number of nitrogens with zero attached hydrogens (tertiary/aromatic N) is 1. The minimum absolute atomic E-state index is 0.0843. The highest BCUT2D eigenvalue weighted by atomic mass is 16.5. The molecule has 1 N–H and O–H groups in total. The summed E-state index contributed by atoms with van der Waals surface area (Å²) in [5.74, 6) is 1.10. The third-order valence-electron chi connectivity index (χ3n) is 4.95. The largest absolute Gasteiger partial charge is 0.389 e. The van der Waals surface area contributed by atoms with Gasteiger partial charge in [0.1, 0.15) is 0 Å². The number of fused-ring (bicyclic) bond motifs is 2. The summed E-state index contributed by atoms with van der Waals surface area (Å²) in [6, 6.07) is 2.46. The fourth-order valence-electron chi connectivity index (χ4n) is 4.12. The molecule has 0 amide bonds. The number of hydrogen-bond acceptors (Lipinski definition) is 3. The lowest BCUT2D eigenvalue weighted by atomic mass is 9.68. The molecule has 3 rings (SSSR count). The Kier molecular flexibility index (Phi) is 2.45. The van der Waals surface area contributed by atoms with Crippen LogP contribution in [0.2, 0.25) is 0 Å². The molecule has 2 aliphatic carbocycles. The molecule has 88 valence electrons. The zero-order valence-corrected chi connectivity index (χ0v) is 9.56. The van der Waals surface area contributed by atoms with E-state index in [4.69, 9.17) is 4.74 Å². The molecule has 3 heteroatoms. The summed E-state index contributed by atoms with van der Waals surface area (Å²) < 4.78 is 5.56. The van der Waals surface area contributed by atoms with E-state index in [0.29, 0.717) is 11.8 Å². The van der Waals surface area contributed by atoms with E-state index in [9.17, 15) is 10.4 Å². The summed E-state index contributed by atoms with van der Waals surface area (Å²) >= 11 is 0. The lowest BCUT2D eigenvalue weighted by Gasteiger charge is -2.37. The number of ether oxygens (including phenoxy) is 1. The van der Waals surface area contributed by atoms with E-state index in [0.717, 1.165) is 38.7 Å². The minimum atomic E-state index is -0.560. The Hall–Kier alpha value is -0.590. The summed E-state index contributed by atoms with van der Waals surface area (Å²) in [6.07, 6.45) is 5.73. The van der Waals surface area contributed by atoms with Gasteiger partial charge in [-0.2, -0.15) is 5.26 Å². The Balaban J connectivity index is 1.82. The summed E-state index contributed by atoms with van der Waals surface area (Å²) in [5.41, 5.74) is -0.488. The fourth-order valence-corrected chi connectivity index (χ4v) is 4.12. The van der Waals surface area contributed by atoms with Crippen LogP contribution in [0.1, 0.15) is 38.5 Å². The van der Waals surface area contributed by atoms with Gasteiger partial charge < -0.3 is 9.84 Å². The summed E-state index contributed by atoms with van der Waals surface area (Å²) in [6.45, 7) is 0.747. The van der Waals surface area contributed by atoms with Crippen LogP contribution < -0.4 is 0 Å². The van der Waals surface area contributed by atoms with Crippen LogP contribution in [0.3, 0.4) is 0 Å². The van der Waals surface area contributed by atoms with Crippen LogP contribution in [0, 0.1) is 28.6 Å². The molecule has 5 unspecified atom stereocenters. The molecule has 3 fully saturated rings. The van der Waals surface area contributed by atoms with E-state index >= 15 is 0 Å². The molecule has 0 aromatic carbocycles. The second-order valence-electron chi connectivity index (χ2n) is 5.73. The Morgan fingerprint density at radius 2 is 2.25 bits per heavy atom. The van der Waals surface area contributed by atoms with E-state index in [1.165, 1.54) is 6.42 Å². The molecule has 0 radical (unpaired) electrons. The van der Waals surface area contributed by atoms with Crippen LogP contribution in [-0.4, -0.2) is 23.9 Å². The average Bonchev–Trinajstić information content (AvgIpc) is 3.03. The van der Waals surface area contributed by atoms with Crippen molar-refractivity contribution >= 4 is 0 Å². The standard InChI is InChI=1S/C13H19NO2/c14-8-13(7-9-3-4-10(13)6-9)12(15)11-2-1-5-16-11/h9-12,15H,1-7H2. The van der Waals surface area contributed by atoms with E-state index in [-0.39, 0.29) is 6.10 Å². The van der Waals surface area contributed by atoms with Crippen LogP contribution in [0.25, 0.3) is 0 Å². The number of aliphatic hydroxyl groups excluding tert-OH is 1. The lowest BCUT2D eigenvalue weighted by molar-refractivity contribution is -0.0723. The third kappa shape index (κ3) is 1.33. The van der Waals surface area contributed by atoms with Crippen molar-refractivity contribution < 1.29 is 9.84 Å². The van der Waals surface area contributed by atoms with Gasteiger partial charge in [0.05, 0.1) is 23.7 Å². The lowest BCUT2D eigenvalue weighted by Crippen LogP contribution is -2.45. The molecule has 2 saturated carbocycles. The number of nitriles is 1. The molecule has 0 aromatic rings. The van der Waals surface area contributed by atoms with Crippen LogP contribution in [-0.2, 0) is 4.74 Å². The Morgan fingerprint density at radius 3 is 2.75 bits per heavy atom. The second kappa shape index (κ2) is 3.72. The SMILES string of the molecule is N#CC1(C(O)C2CCCO2)CC2CCC1C2. The van der Waals surface area contributed by atoms with Gasteiger partial charge in [-0.25, -0.2) is 0 Å². The molecule has 3 nitrogen and oxygen atoms in total. The topological polar surface area (TPSA) is 53.2 Å². The van der Waals surface area contributed by atoms with Gasteiger partial charge in [0.25, 0.3) is 0 Å². The van der Waals surface area contributed by atoms with Gasteiger partial charge in [0.2, 0.25) is 0 Å². The number of aliphatic hydroxyl groups is 1. The maximum atomic E-state index is 10.5. The van der Waals surface area contributed by atoms with Crippen molar-refractivity contribution in [2.75, 3.05) is 6.61 Å². The van der Waals surface area contributed by atoms with Gasteiger partial charge in [-0.1, -0.05) is 6.42 Å². The highest BCUT2D eigenvalue weighted by Crippen LogP contribution is 2.58. The molecule has 5 atom stereocenters. The monoisotopic (exact) mass is 221 g/mol. The van der Waals surface area contributed by atoms with Gasteiger partial charge in [-0.3, -0.25) is 0 Å². The summed E-state index contributed by atoms with van der Waals surface area (Å²) in [5, 5.41) is 20.0. The smallest absolute Gasteiger partial charge is 0.0990 e. The number of hydrogen-bond donors (Lipinski definition) is 1.